The Bertz CT molecular complexity index is 998. The molecule has 0 spiro atoms. The standard InChI is InChI=1S/C20H23N3O6S/c1-28-17-7-9-18(10-8-17)30(26,27)23-13-11-22(12-14-23)19(24)15-3-5-16(6-4-15)21-20(25)29-2/h3-10H,11-14H2,1-2H3,(H,21,25). The third-order valence-electron chi connectivity index (χ3n) is 4.79. The maximum atomic E-state index is 12.8. The summed E-state index contributed by atoms with van der Waals surface area (Å²) < 4.78 is 36.6. The fourth-order valence-corrected chi connectivity index (χ4v) is 4.50. The highest BCUT2D eigenvalue weighted by Crippen LogP contribution is 2.21. The third-order valence-corrected chi connectivity index (χ3v) is 6.70. The molecule has 3 rings (SSSR count). The lowest BCUT2D eigenvalue weighted by molar-refractivity contribution is 0.0698. The summed E-state index contributed by atoms with van der Waals surface area (Å²) in [5, 5.41) is 2.52. The number of carbonyl (C=O) groups is 2. The van der Waals surface area contributed by atoms with Crippen molar-refractivity contribution < 1.29 is 27.5 Å². The van der Waals surface area contributed by atoms with Crippen LogP contribution in [0.25, 0.3) is 0 Å². The number of piperazine rings is 1. The van der Waals surface area contributed by atoms with Crippen molar-refractivity contribution in [2.75, 3.05) is 45.7 Å². The average Bonchev–Trinajstić information content (AvgIpc) is 2.79. The second-order valence-corrected chi connectivity index (χ2v) is 8.50. The number of methoxy groups -OCH3 is 2. The van der Waals surface area contributed by atoms with Gasteiger partial charge in [-0.2, -0.15) is 4.31 Å². The fraction of sp³-hybridized carbons (Fsp3) is 0.300. The lowest BCUT2D eigenvalue weighted by Gasteiger charge is -2.34. The lowest BCUT2D eigenvalue weighted by Crippen LogP contribution is -2.50. The van der Waals surface area contributed by atoms with E-state index in [-0.39, 0.29) is 37.0 Å². The lowest BCUT2D eigenvalue weighted by atomic mass is 10.1. The van der Waals surface area contributed by atoms with E-state index in [4.69, 9.17) is 4.74 Å². The van der Waals surface area contributed by atoms with E-state index in [0.29, 0.717) is 17.0 Å². The number of hydrogen-bond acceptors (Lipinski definition) is 6. The highest BCUT2D eigenvalue weighted by atomic mass is 32.2. The number of amides is 2. The maximum Gasteiger partial charge on any atom is 0.411 e. The number of ether oxygens (including phenoxy) is 2. The van der Waals surface area contributed by atoms with E-state index in [1.807, 2.05) is 0 Å². The van der Waals surface area contributed by atoms with Gasteiger partial charge in [0.2, 0.25) is 10.0 Å². The van der Waals surface area contributed by atoms with Crippen LogP contribution in [-0.4, -0.2) is 70.0 Å². The van der Waals surface area contributed by atoms with E-state index >= 15 is 0 Å². The molecule has 2 amide bonds. The van der Waals surface area contributed by atoms with Crippen LogP contribution in [0.2, 0.25) is 0 Å². The molecule has 2 aromatic carbocycles. The number of anilines is 1. The SMILES string of the molecule is COC(=O)Nc1ccc(C(=O)N2CCN(S(=O)(=O)c3ccc(OC)cc3)CC2)cc1. The van der Waals surface area contributed by atoms with Crippen molar-refractivity contribution in [2.45, 2.75) is 4.90 Å². The number of hydrogen-bond donors (Lipinski definition) is 1. The molecule has 30 heavy (non-hydrogen) atoms. The summed E-state index contributed by atoms with van der Waals surface area (Å²) in [6.07, 6.45) is -0.594. The predicted molar refractivity (Wildman–Crippen MR) is 110 cm³/mol. The maximum absolute atomic E-state index is 12.8. The second-order valence-electron chi connectivity index (χ2n) is 6.57. The van der Waals surface area contributed by atoms with Crippen LogP contribution in [-0.2, 0) is 14.8 Å². The molecule has 0 aliphatic carbocycles. The molecule has 0 radical (unpaired) electrons. The van der Waals surface area contributed by atoms with Crippen molar-refractivity contribution in [3.63, 3.8) is 0 Å². The Labute approximate surface area is 175 Å². The first-order valence-corrected chi connectivity index (χ1v) is 10.7. The van der Waals surface area contributed by atoms with Crippen molar-refractivity contribution in [3.8, 4) is 5.75 Å². The number of carbonyl (C=O) groups excluding carboxylic acids is 2. The zero-order chi connectivity index (χ0) is 21.7. The Morgan fingerprint density at radius 2 is 1.50 bits per heavy atom. The molecule has 2 aromatic rings. The number of sulfonamides is 1. The van der Waals surface area contributed by atoms with Gasteiger partial charge in [0, 0.05) is 37.4 Å². The molecule has 0 unspecified atom stereocenters. The van der Waals surface area contributed by atoms with Crippen LogP contribution in [0.4, 0.5) is 10.5 Å². The Morgan fingerprint density at radius 1 is 0.900 bits per heavy atom. The summed E-state index contributed by atoms with van der Waals surface area (Å²) in [5.74, 6) is 0.387. The first-order chi connectivity index (χ1) is 14.3. The molecule has 0 atom stereocenters. The predicted octanol–water partition coefficient (Wildman–Crippen LogP) is 2.02. The summed E-state index contributed by atoms with van der Waals surface area (Å²) >= 11 is 0. The Balaban J connectivity index is 1.61. The molecule has 9 nitrogen and oxygen atoms in total. The minimum absolute atomic E-state index is 0.191. The Kier molecular flexibility index (Phi) is 6.58. The van der Waals surface area contributed by atoms with E-state index in [2.05, 4.69) is 10.1 Å². The number of nitrogens with zero attached hydrogens (tertiary/aromatic N) is 2. The zero-order valence-electron chi connectivity index (χ0n) is 16.7. The van der Waals surface area contributed by atoms with Crippen molar-refractivity contribution in [1.29, 1.82) is 0 Å². The first-order valence-electron chi connectivity index (χ1n) is 9.23. The van der Waals surface area contributed by atoms with Crippen molar-refractivity contribution in [3.05, 3.63) is 54.1 Å². The van der Waals surface area contributed by atoms with E-state index in [9.17, 15) is 18.0 Å². The van der Waals surface area contributed by atoms with Crippen molar-refractivity contribution in [2.24, 2.45) is 0 Å². The molecule has 1 saturated heterocycles. The molecule has 1 heterocycles. The summed E-state index contributed by atoms with van der Waals surface area (Å²) in [6, 6.07) is 12.6. The van der Waals surface area contributed by atoms with Crippen molar-refractivity contribution in [1.82, 2.24) is 9.21 Å². The minimum Gasteiger partial charge on any atom is -0.497 e. The molecular formula is C20H23N3O6S. The first kappa shape index (κ1) is 21.6. The topological polar surface area (TPSA) is 105 Å². The van der Waals surface area contributed by atoms with Crippen LogP contribution in [0, 0.1) is 0 Å². The van der Waals surface area contributed by atoms with E-state index < -0.39 is 16.1 Å². The van der Waals surface area contributed by atoms with Gasteiger partial charge in [0.15, 0.2) is 0 Å². The van der Waals surface area contributed by atoms with E-state index in [1.165, 1.54) is 30.7 Å². The molecule has 0 saturated carbocycles. The van der Waals surface area contributed by atoms with Gasteiger partial charge in [-0.3, -0.25) is 10.1 Å². The van der Waals surface area contributed by atoms with Crippen LogP contribution in [0.5, 0.6) is 5.75 Å². The number of benzene rings is 2. The van der Waals surface area contributed by atoms with Gasteiger partial charge in [0.1, 0.15) is 5.75 Å². The summed E-state index contributed by atoms with van der Waals surface area (Å²) in [5.41, 5.74) is 0.964. The Hall–Kier alpha value is -3.11. The van der Waals surface area contributed by atoms with Gasteiger partial charge in [0.25, 0.3) is 5.91 Å². The van der Waals surface area contributed by atoms with E-state index in [1.54, 1.807) is 41.3 Å². The molecule has 1 N–H and O–H groups in total. The minimum atomic E-state index is -3.63. The highest BCUT2D eigenvalue weighted by molar-refractivity contribution is 7.89. The quantitative estimate of drug-likeness (QED) is 0.774. The van der Waals surface area contributed by atoms with Crippen LogP contribution in [0.3, 0.4) is 0 Å². The van der Waals surface area contributed by atoms with Crippen LogP contribution in [0.1, 0.15) is 10.4 Å². The highest BCUT2D eigenvalue weighted by Gasteiger charge is 2.30. The Morgan fingerprint density at radius 3 is 2.03 bits per heavy atom. The monoisotopic (exact) mass is 433 g/mol. The molecule has 1 aliphatic rings. The smallest absolute Gasteiger partial charge is 0.411 e. The van der Waals surface area contributed by atoms with Gasteiger partial charge >= 0.3 is 6.09 Å². The summed E-state index contributed by atoms with van der Waals surface area (Å²) in [6.45, 7) is 0.997. The zero-order valence-corrected chi connectivity index (χ0v) is 17.5. The number of nitrogens with one attached hydrogen (secondary N) is 1. The van der Waals surface area contributed by atoms with Gasteiger partial charge in [-0.1, -0.05) is 0 Å². The van der Waals surface area contributed by atoms with Gasteiger partial charge in [-0.05, 0) is 48.5 Å². The number of rotatable bonds is 5. The summed E-state index contributed by atoms with van der Waals surface area (Å²) in [4.78, 5) is 25.7. The van der Waals surface area contributed by atoms with Crippen LogP contribution in [0.15, 0.2) is 53.4 Å². The molecule has 0 aromatic heterocycles. The fourth-order valence-electron chi connectivity index (χ4n) is 3.08. The molecule has 1 aliphatic heterocycles. The summed E-state index contributed by atoms with van der Waals surface area (Å²) in [7, 11) is -0.850. The molecular weight excluding hydrogens is 410 g/mol. The van der Waals surface area contributed by atoms with E-state index in [0.717, 1.165) is 0 Å². The van der Waals surface area contributed by atoms with Gasteiger partial charge in [-0.25, -0.2) is 13.2 Å². The van der Waals surface area contributed by atoms with Crippen molar-refractivity contribution >= 4 is 27.7 Å². The van der Waals surface area contributed by atoms with Gasteiger partial charge in [0.05, 0.1) is 19.1 Å². The molecule has 10 heteroatoms. The average molecular weight is 433 g/mol. The van der Waals surface area contributed by atoms with Crippen LogP contribution >= 0.6 is 0 Å². The third kappa shape index (κ3) is 4.71. The van der Waals surface area contributed by atoms with Gasteiger partial charge in [-0.15, -0.1) is 0 Å². The van der Waals surface area contributed by atoms with Crippen LogP contribution < -0.4 is 10.1 Å². The normalized spacial score (nSPS) is 14.8. The largest absolute Gasteiger partial charge is 0.497 e. The molecule has 0 bridgehead atoms. The molecule has 160 valence electrons. The molecule has 1 fully saturated rings. The van der Waals surface area contributed by atoms with Gasteiger partial charge < -0.3 is 14.4 Å². The second kappa shape index (κ2) is 9.14.